The summed E-state index contributed by atoms with van der Waals surface area (Å²) in [6.45, 7) is 4.20. The minimum Gasteiger partial charge on any atom is -0.504 e. The van der Waals surface area contributed by atoms with Crippen LogP contribution >= 0.6 is 54.7 Å². The van der Waals surface area contributed by atoms with Gasteiger partial charge in [-0.2, -0.15) is 0 Å². The number of aryl methyl sites for hydroxylation is 1. The number of halogens is 3. The summed E-state index contributed by atoms with van der Waals surface area (Å²) in [5.74, 6) is 2.03. The third kappa shape index (κ3) is 18.7. The molecular weight excluding hydrogens is 1140 g/mol. The first-order chi connectivity index (χ1) is 34.1. The number of ether oxygens (including phenoxy) is 6. The fourth-order valence-corrected chi connectivity index (χ4v) is 11.5. The Balaban J connectivity index is 0.000000339. The average molecular weight is 1200 g/mol. The number of phenols is 3. The van der Waals surface area contributed by atoms with E-state index in [1.54, 1.807) is 43.9 Å². The van der Waals surface area contributed by atoms with E-state index in [0.717, 1.165) is 25.9 Å². The zero-order chi connectivity index (χ0) is 52.3. The summed E-state index contributed by atoms with van der Waals surface area (Å²) < 4.78 is 31.7. The van der Waals surface area contributed by atoms with Gasteiger partial charge in [0.25, 0.3) is 0 Å². The summed E-state index contributed by atoms with van der Waals surface area (Å²) in [5, 5.41) is 31.7. The Morgan fingerprint density at radius 2 is 0.931 bits per heavy atom. The molecule has 0 saturated carbocycles. The lowest BCUT2D eigenvalue weighted by atomic mass is 10.1. The summed E-state index contributed by atoms with van der Waals surface area (Å²) in [5.41, 5.74) is 2.06. The molecule has 0 aliphatic rings. The lowest BCUT2D eigenvalue weighted by Crippen LogP contribution is -2.29. The van der Waals surface area contributed by atoms with Gasteiger partial charge in [-0.25, -0.2) is 9.59 Å². The largest absolute Gasteiger partial charge is 0.504 e. The molecule has 0 saturated heterocycles. The van der Waals surface area contributed by atoms with Crippen molar-refractivity contribution in [2.45, 2.75) is 41.0 Å². The van der Waals surface area contributed by atoms with Crippen molar-refractivity contribution in [3.8, 4) is 34.5 Å². The molecule has 0 aliphatic heterocycles. The molecule has 0 bridgehead atoms. The molecule has 3 N–H and O–H groups in total. The van der Waals surface area contributed by atoms with Crippen molar-refractivity contribution in [2.75, 3.05) is 41.2 Å². The van der Waals surface area contributed by atoms with Crippen LogP contribution in [0.4, 0.5) is 0 Å². The molecule has 72 heavy (non-hydrogen) atoms. The normalized spacial score (nSPS) is 10.2. The predicted octanol–water partition coefficient (Wildman–Crippen LogP) is 11.4. The topological polar surface area (TPSA) is 184 Å². The Bertz CT molecular complexity index is 2650. The molecule has 17 heteroatoms. The fourth-order valence-electron chi connectivity index (χ4n) is 6.42. The molecule has 0 atom stereocenters. The lowest BCUT2D eigenvalue weighted by molar-refractivity contribution is -0.143. The first-order valence-corrected chi connectivity index (χ1v) is 26.1. The number of carbonyl (C=O) groups is 4. The molecule has 0 amide bonds. The van der Waals surface area contributed by atoms with E-state index in [9.17, 15) is 34.5 Å². The number of aromatic hydroxyl groups is 3. The third-order valence-corrected chi connectivity index (χ3v) is 15.8. The molecule has 6 aromatic carbocycles. The van der Waals surface area contributed by atoms with Gasteiger partial charge in [0.05, 0.1) is 41.2 Å². The maximum atomic E-state index is 12.5. The van der Waals surface area contributed by atoms with Crippen LogP contribution in [0.3, 0.4) is 0 Å². The number of methoxy groups -OCH3 is 3. The van der Waals surface area contributed by atoms with E-state index in [-0.39, 0.29) is 36.6 Å². The van der Waals surface area contributed by atoms with Gasteiger partial charge in [0.2, 0.25) is 0 Å². The number of carbonyl (C=O) groups excluding carboxylic acids is 4. The van der Waals surface area contributed by atoms with E-state index in [0.29, 0.717) is 76.3 Å². The van der Waals surface area contributed by atoms with E-state index in [1.165, 1.54) is 45.6 Å². The molecule has 0 aliphatic carbocycles. The van der Waals surface area contributed by atoms with Crippen molar-refractivity contribution in [1.82, 2.24) is 0 Å². The van der Waals surface area contributed by atoms with Gasteiger partial charge in [-0.15, -0.1) is 0 Å². The van der Waals surface area contributed by atoms with Crippen LogP contribution in [0.5, 0.6) is 34.5 Å². The zero-order valence-electron chi connectivity index (χ0n) is 40.0. The van der Waals surface area contributed by atoms with E-state index in [2.05, 4.69) is 84.2 Å². The maximum absolute atomic E-state index is 12.5. The second kappa shape index (κ2) is 32.6. The molecule has 0 heterocycles. The van der Waals surface area contributed by atoms with Gasteiger partial charge in [0, 0.05) is 37.3 Å². The van der Waals surface area contributed by atoms with E-state index in [1.807, 2.05) is 61.5 Å². The summed E-state index contributed by atoms with van der Waals surface area (Å²) in [6.07, 6.45) is 4.44. The van der Waals surface area contributed by atoms with Crippen molar-refractivity contribution in [3.05, 3.63) is 164 Å². The zero-order valence-corrected chi connectivity index (χ0v) is 45.6. The SMILES string of the molecule is C.CCOC(=O)/C=C/c1cc(OC)c(O)cc1Br.CCOC(=O)C=P(c1ccccc1)(c1ccccc1)c1ccccc1.CCOC(=O)CCc1cc(OC)c(O)cc1Br.COc1cc(C=O)c(Br)cc1O. The highest BCUT2D eigenvalue weighted by Gasteiger charge is 2.26. The van der Waals surface area contributed by atoms with Crippen molar-refractivity contribution in [1.29, 1.82) is 0 Å². The number of hydrogen-bond donors (Lipinski definition) is 3. The van der Waals surface area contributed by atoms with Gasteiger partial charge in [-0.3, -0.25) is 9.59 Å². The minimum atomic E-state index is -2.24. The Morgan fingerprint density at radius 1 is 0.542 bits per heavy atom. The first-order valence-electron chi connectivity index (χ1n) is 21.8. The number of rotatable bonds is 16. The third-order valence-electron chi connectivity index (χ3n) is 9.74. The number of hydrogen-bond acceptors (Lipinski definition) is 13. The van der Waals surface area contributed by atoms with Gasteiger partial charge in [0.1, 0.15) is 0 Å². The molecule has 13 nitrogen and oxygen atoms in total. The predicted molar refractivity (Wildman–Crippen MR) is 298 cm³/mol. The van der Waals surface area contributed by atoms with Gasteiger partial charge in [-0.05, 0) is 120 Å². The second-order valence-corrected chi connectivity index (χ2v) is 20.1. The molecule has 0 radical (unpaired) electrons. The highest BCUT2D eigenvalue weighted by molar-refractivity contribution is 9.11. The molecule has 384 valence electrons. The van der Waals surface area contributed by atoms with Crippen molar-refractivity contribution in [3.63, 3.8) is 0 Å². The van der Waals surface area contributed by atoms with Crippen LogP contribution in [-0.2, 0) is 35.0 Å². The molecule has 6 rings (SSSR count). The quantitative estimate of drug-likeness (QED) is 0.0274. The van der Waals surface area contributed by atoms with Crippen LogP contribution in [0, 0.1) is 0 Å². The van der Waals surface area contributed by atoms with Crippen molar-refractivity contribution in [2.24, 2.45) is 0 Å². The van der Waals surface area contributed by atoms with Crippen LogP contribution < -0.4 is 30.1 Å². The standard InChI is InChI=1S/C22H21O2P.C12H15BrO4.C12H13BrO4.C8H7BrO3.CH4/c1-2-24-22(23)18-25(19-12-6-3-7-13-19,20-14-8-4-9-15-20)21-16-10-5-11-17-21;2*1-3-17-12(15)5-4-8-6-11(16-2)10(14)7-9(8)13;1-12-8-2-5(4-10)6(9)3-7(8)11;/h3-18H,2H2,1H3;6-7,14H,3-5H2,1-2H3;4-7,14H,3H2,1-2H3;2-4,11H,1H3;1H4/b;;5-4+;;. The monoisotopic (exact) mass is 1200 g/mol. The summed E-state index contributed by atoms with van der Waals surface area (Å²) in [6, 6.07) is 40.0. The molecule has 6 aromatic rings. The second-order valence-electron chi connectivity index (χ2n) is 14.3. The summed E-state index contributed by atoms with van der Waals surface area (Å²) >= 11 is 9.74. The van der Waals surface area contributed by atoms with E-state index in [4.69, 9.17) is 28.4 Å². The number of phenolic OH excluding ortho intramolecular Hbond substituents is 3. The summed E-state index contributed by atoms with van der Waals surface area (Å²) in [4.78, 5) is 45.3. The number of benzene rings is 6. The number of aldehydes is 1. The Labute approximate surface area is 447 Å². The van der Waals surface area contributed by atoms with Crippen molar-refractivity contribution < 1.29 is 62.9 Å². The van der Waals surface area contributed by atoms with Crippen LogP contribution in [0.2, 0.25) is 0 Å². The van der Waals surface area contributed by atoms with E-state index >= 15 is 0 Å². The Morgan fingerprint density at radius 3 is 1.35 bits per heavy atom. The highest BCUT2D eigenvalue weighted by Crippen LogP contribution is 2.43. The van der Waals surface area contributed by atoms with Crippen LogP contribution in [-0.4, -0.2) is 86.5 Å². The molecule has 0 unspecified atom stereocenters. The maximum Gasteiger partial charge on any atom is 0.331 e. The molecular formula is C55H60Br3O13P. The summed E-state index contributed by atoms with van der Waals surface area (Å²) in [7, 11) is 4.37. The molecule has 0 aromatic heterocycles. The number of esters is 3. The average Bonchev–Trinajstić information content (AvgIpc) is 3.37. The fraction of sp³-hybridized carbons (Fsp3) is 0.218. The van der Waals surface area contributed by atoms with Gasteiger partial charge in [0.15, 0.2) is 40.8 Å². The first kappa shape index (κ1) is 61.8. The van der Waals surface area contributed by atoms with Crippen LogP contribution in [0.15, 0.2) is 147 Å². The van der Waals surface area contributed by atoms with Crippen LogP contribution in [0.25, 0.3) is 6.08 Å². The van der Waals surface area contributed by atoms with Gasteiger partial charge in [-0.1, -0.05) is 130 Å². The van der Waals surface area contributed by atoms with Gasteiger partial charge >= 0.3 is 17.9 Å². The Hall–Kier alpha value is -6.32. The smallest absolute Gasteiger partial charge is 0.331 e. The molecule has 0 spiro atoms. The lowest BCUT2D eigenvalue weighted by Gasteiger charge is -2.28. The minimum absolute atomic E-state index is 0. The van der Waals surface area contributed by atoms with Crippen molar-refractivity contribution >= 4 is 107 Å². The van der Waals surface area contributed by atoms with E-state index < -0.39 is 12.9 Å². The highest BCUT2D eigenvalue weighted by atomic mass is 79.9. The van der Waals surface area contributed by atoms with Crippen LogP contribution in [0.1, 0.15) is 56.1 Å². The molecule has 0 fully saturated rings. The van der Waals surface area contributed by atoms with Gasteiger partial charge < -0.3 is 43.7 Å². The Kier molecular flexibility index (Phi) is 28.0.